The molecular formula is C17H28N4O. The Morgan fingerprint density at radius 3 is 2.55 bits per heavy atom. The van der Waals surface area contributed by atoms with E-state index in [1.165, 1.54) is 5.56 Å². The topological polar surface area (TPSA) is 57.7 Å². The molecule has 2 rings (SSSR count). The number of rotatable bonds is 5. The number of guanidine groups is 1. The Hall–Kier alpha value is -1.59. The van der Waals surface area contributed by atoms with E-state index >= 15 is 0 Å². The molecule has 1 aromatic carbocycles. The van der Waals surface area contributed by atoms with Gasteiger partial charge in [-0.25, -0.2) is 0 Å². The number of hydrogen-bond donors (Lipinski definition) is 3. The lowest BCUT2D eigenvalue weighted by Gasteiger charge is -2.41. The highest BCUT2D eigenvalue weighted by Gasteiger charge is 2.34. The van der Waals surface area contributed by atoms with E-state index in [1.807, 2.05) is 7.05 Å². The summed E-state index contributed by atoms with van der Waals surface area (Å²) in [6.45, 7) is 4.66. The van der Waals surface area contributed by atoms with Crippen LogP contribution in [0.2, 0.25) is 0 Å². The summed E-state index contributed by atoms with van der Waals surface area (Å²) >= 11 is 0. The van der Waals surface area contributed by atoms with E-state index in [-0.39, 0.29) is 5.54 Å². The van der Waals surface area contributed by atoms with Crippen molar-refractivity contribution in [1.82, 2.24) is 16.0 Å². The van der Waals surface area contributed by atoms with Gasteiger partial charge in [0, 0.05) is 45.4 Å². The average molecular weight is 304 g/mol. The second kappa shape index (κ2) is 8.15. The fourth-order valence-electron chi connectivity index (χ4n) is 2.95. The molecule has 1 saturated heterocycles. The zero-order chi connectivity index (χ0) is 15.8. The van der Waals surface area contributed by atoms with E-state index in [0.717, 1.165) is 38.6 Å². The first-order chi connectivity index (χ1) is 10.7. The first-order valence-electron chi connectivity index (χ1n) is 7.98. The number of nitrogens with one attached hydrogen (secondary N) is 3. The van der Waals surface area contributed by atoms with Gasteiger partial charge in [0.2, 0.25) is 0 Å². The second-order valence-corrected chi connectivity index (χ2v) is 5.85. The van der Waals surface area contributed by atoms with E-state index in [0.29, 0.717) is 6.04 Å². The number of ether oxygens (including phenoxy) is 1. The van der Waals surface area contributed by atoms with Gasteiger partial charge in [-0.1, -0.05) is 30.3 Å². The van der Waals surface area contributed by atoms with Gasteiger partial charge in [-0.3, -0.25) is 4.99 Å². The van der Waals surface area contributed by atoms with Crippen molar-refractivity contribution >= 4 is 5.96 Å². The van der Waals surface area contributed by atoms with E-state index in [4.69, 9.17) is 4.74 Å². The molecule has 0 radical (unpaired) electrons. The minimum atomic E-state index is 0.0281. The summed E-state index contributed by atoms with van der Waals surface area (Å²) in [5.41, 5.74) is 1.34. The van der Waals surface area contributed by atoms with E-state index in [9.17, 15) is 0 Å². The molecule has 1 aliphatic rings. The smallest absolute Gasteiger partial charge is 0.190 e. The summed E-state index contributed by atoms with van der Waals surface area (Å²) < 4.78 is 5.56. The first-order valence-corrected chi connectivity index (χ1v) is 7.98. The van der Waals surface area contributed by atoms with Gasteiger partial charge in [-0.2, -0.15) is 0 Å². The zero-order valence-electron chi connectivity index (χ0n) is 13.9. The molecule has 1 aromatic rings. The van der Waals surface area contributed by atoms with Crippen LogP contribution >= 0.6 is 0 Å². The number of nitrogens with zero attached hydrogens (tertiary/aromatic N) is 1. The molecule has 1 atom stereocenters. The highest BCUT2D eigenvalue weighted by atomic mass is 16.5. The van der Waals surface area contributed by atoms with Crippen LogP contribution in [0, 0.1) is 0 Å². The quantitative estimate of drug-likeness (QED) is 0.572. The number of aliphatic imine (C=N–C) groups is 1. The Morgan fingerprint density at radius 1 is 1.27 bits per heavy atom. The minimum Gasteiger partial charge on any atom is -0.381 e. The molecular weight excluding hydrogens is 276 g/mol. The van der Waals surface area contributed by atoms with Crippen LogP contribution in [0.25, 0.3) is 0 Å². The van der Waals surface area contributed by atoms with Crippen LogP contribution in [0.1, 0.15) is 31.4 Å². The van der Waals surface area contributed by atoms with E-state index in [1.54, 1.807) is 7.05 Å². The Balaban J connectivity index is 2.05. The molecule has 5 heteroatoms. The Morgan fingerprint density at radius 2 is 1.95 bits per heavy atom. The van der Waals surface area contributed by atoms with Crippen molar-refractivity contribution in [2.45, 2.75) is 31.3 Å². The maximum atomic E-state index is 5.56. The van der Waals surface area contributed by atoms with Gasteiger partial charge < -0.3 is 20.7 Å². The van der Waals surface area contributed by atoms with Gasteiger partial charge in [-0.15, -0.1) is 0 Å². The van der Waals surface area contributed by atoms with E-state index < -0.39 is 0 Å². The Bertz CT molecular complexity index is 469. The van der Waals surface area contributed by atoms with Crippen LogP contribution in [0.3, 0.4) is 0 Å². The summed E-state index contributed by atoms with van der Waals surface area (Å²) in [5, 5.41) is 10.3. The molecule has 0 saturated carbocycles. The van der Waals surface area contributed by atoms with Crippen LogP contribution in [0.5, 0.6) is 0 Å². The Labute approximate surface area is 133 Å². The largest absolute Gasteiger partial charge is 0.381 e. The fraction of sp³-hybridized carbons (Fsp3) is 0.588. The van der Waals surface area contributed by atoms with E-state index in [2.05, 4.69) is 58.2 Å². The third kappa shape index (κ3) is 4.45. The number of hydrogen-bond acceptors (Lipinski definition) is 3. The minimum absolute atomic E-state index is 0.0281. The lowest BCUT2D eigenvalue weighted by molar-refractivity contribution is 0.0355. The van der Waals surface area contributed by atoms with Crippen molar-refractivity contribution in [1.29, 1.82) is 0 Å². The predicted octanol–water partition coefficient (Wildman–Crippen LogP) is 1.68. The summed E-state index contributed by atoms with van der Waals surface area (Å²) in [6, 6.07) is 10.9. The lowest BCUT2D eigenvalue weighted by Crippen LogP contribution is -2.58. The van der Waals surface area contributed by atoms with Gasteiger partial charge in [-0.05, 0) is 25.3 Å². The van der Waals surface area contributed by atoms with Gasteiger partial charge >= 0.3 is 0 Å². The molecule has 1 heterocycles. The molecule has 0 aromatic heterocycles. The van der Waals surface area contributed by atoms with Crippen molar-refractivity contribution < 1.29 is 4.74 Å². The molecule has 1 unspecified atom stereocenters. The van der Waals surface area contributed by atoms with Gasteiger partial charge in [0.15, 0.2) is 5.96 Å². The van der Waals surface area contributed by atoms with Crippen LogP contribution in [-0.2, 0) is 4.74 Å². The van der Waals surface area contributed by atoms with Crippen LogP contribution in [0.15, 0.2) is 35.3 Å². The van der Waals surface area contributed by atoms with Crippen molar-refractivity contribution in [3.8, 4) is 0 Å². The molecule has 0 spiro atoms. The van der Waals surface area contributed by atoms with Crippen LogP contribution < -0.4 is 16.0 Å². The fourth-order valence-corrected chi connectivity index (χ4v) is 2.95. The standard InChI is InChI=1S/C17H28N4O/c1-14(15-7-5-4-6-8-15)21-17(9-11-22-12-10-17)13-20-16(18-2)19-3/h4-8,14,21H,9-13H2,1-3H3,(H2,18,19,20). The van der Waals surface area contributed by atoms with Gasteiger partial charge in [0.25, 0.3) is 0 Å². The lowest BCUT2D eigenvalue weighted by atomic mass is 9.88. The maximum Gasteiger partial charge on any atom is 0.190 e. The summed E-state index contributed by atoms with van der Waals surface area (Å²) in [6.07, 6.45) is 2.00. The molecule has 5 nitrogen and oxygen atoms in total. The molecule has 1 aliphatic heterocycles. The third-order valence-corrected chi connectivity index (χ3v) is 4.33. The first kappa shape index (κ1) is 16.8. The van der Waals surface area contributed by atoms with Crippen LogP contribution in [0.4, 0.5) is 0 Å². The monoisotopic (exact) mass is 304 g/mol. The predicted molar refractivity (Wildman–Crippen MR) is 91.2 cm³/mol. The molecule has 0 bridgehead atoms. The summed E-state index contributed by atoms with van der Waals surface area (Å²) in [7, 11) is 3.67. The average Bonchev–Trinajstić information content (AvgIpc) is 2.57. The second-order valence-electron chi connectivity index (χ2n) is 5.85. The molecule has 0 amide bonds. The van der Waals surface area contributed by atoms with Gasteiger partial charge in [0.1, 0.15) is 0 Å². The third-order valence-electron chi connectivity index (χ3n) is 4.33. The molecule has 22 heavy (non-hydrogen) atoms. The van der Waals surface area contributed by atoms with Crippen molar-refractivity contribution in [3.63, 3.8) is 0 Å². The Kier molecular flexibility index (Phi) is 6.21. The van der Waals surface area contributed by atoms with Crippen molar-refractivity contribution in [2.24, 2.45) is 4.99 Å². The maximum absolute atomic E-state index is 5.56. The normalized spacial score (nSPS) is 19.5. The molecule has 1 fully saturated rings. The van der Waals surface area contributed by atoms with Gasteiger partial charge in [0.05, 0.1) is 0 Å². The highest BCUT2D eigenvalue weighted by Crippen LogP contribution is 2.24. The molecule has 122 valence electrons. The summed E-state index contributed by atoms with van der Waals surface area (Å²) in [5.74, 6) is 0.819. The summed E-state index contributed by atoms with van der Waals surface area (Å²) in [4.78, 5) is 4.19. The van der Waals surface area contributed by atoms with Crippen molar-refractivity contribution in [3.05, 3.63) is 35.9 Å². The SMILES string of the molecule is CN=C(NC)NCC1(NC(C)c2ccccc2)CCOCC1. The molecule has 0 aliphatic carbocycles. The molecule has 3 N–H and O–H groups in total. The number of benzene rings is 1. The highest BCUT2D eigenvalue weighted by molar-refractivity contribution is 5.79. The van der Waals surface area contributed by atoms with Crippen molar-refractivity contribution in [2.75, 3.05) is 33.9 Å². The zero-order valence-corrected chi connectivity index (χ0v) is 13.9. The van der Waals surface area contributed by atoms with Crippen LogP contribution in [-0.4, -0.2) is 45.4 Å².